The third-order valence-corrected chi connectivity index (χ3v) is 6.56. The van der Waals surface area contributed by atoms with Gasteiger partial charge in [-0.15, -0.1) is 0 Å². The number of aromatic nitrogens is 3. The van der Waals surface area contributed by atoms with E-state index in [9.17, 15) is 19.2 Å². The molecule has 2 aliphatic heterocycles. The van der Waals surface area contributed by atoms with Crippen molar-refractivity contribution in [1.82, 2.24) is 29.9 Å². The number of likely N-dealkylation sites (tertiary alicyclic amines) is 1. The van der Waals surface area contributed by atoms with Crippen LogP contribution in [-0.4, -0.2) is 73.9 Å². The molecule has 1 aromatic heterocycles. The number of hydrogen-bond donors (Lipinski definition) is 3. The van der Waals surface area contributed by atoms with Crippen LogP contribution in [-0.2, 0) is 11.3 Å². The standard InChI is InChI=1S/C25H26N8O4/c1-31-14-20(34)33(25(31)37)13-17-10-9-16(21(26)35)12-18(17)27-24(36)32-11-5-8-19(32)23-28-22(29-30-23)15-6-3-2-4-7-15/h2-4,6-7,9-10,12,19H,5,8,11,13-14H2,1H3,(H2,26,35)(H,27,36)(H,28,29,30). The second-order valence-corrected chi connectivity index (χ2v) is 9.05. The zero-order valence-corrected chi connectivity index (χ0v) is 20.2. The van der Waals surface area contributed by atoms with Crippen LogP contribution in [0.15, 0.2) is 48.5 Å². The molecule has 2 aromatic carbocycles. The van der Waals surface area contributed by atoms with Gasteiger partial charge in [0.05, 0.1) is 12.6 Å². The molecule has 2 fully saturated rings. The summed E-state index contributed by atoms with van der Waals surface area (Å²) in [6.07, 6.45) is 1.48. The quantitative estimate of drug-likeness (QED) is 0.439. The Hall–Kier alpha value is -4.74. The van der Waals surface area contributed by atoms with Gasteiger partial charge in [-0.1, -0.05) is 36.4 Å². The van der Waals surface area contributed by atoms with Gasteiger partial charge in [0.1, 0.15) is 12.4 Å². The van der Waals surface area contributed by atoms with Crippen molar-refractivity contribution in [1.29, 1.82) is 0 Å². The molecule has 190 valence electrons. The van der Waals surface area contributed by atoms with E-state index in [0.717, 1.165) is 16.9 Å². The molecule has 2 aliphatic rings. The number of primary amides is 1. The maximum absolute atomic E-state index is 13.4. The first-order valence-corrected chi connectivity index (χ1v) is 11.9. The number of amides is 6. The number of aromatic amines is 1. The fourth-order valence-electron chi connectivity index (χ4n) is 4.60. The Morgan fingerprint density at radius 3 is 2.65 bits per heavy atom. The van der Waals surface area contributed by atoms with Crippen molar-refractivity contribution in [2.45, 2.75) is 25.4 Å². The van der Waals surface area contributed by atoms with Crippen LogP contribution in [0.25, 0.3) is 11.4 Å². The van der Waals surface area contributed by atoms with Crippen molar-refractivity contribution < 1.29 is 19.2 Å². The van der Waals surface area contributed by atoms with Crippen molar-refractivity contribution >= 4 is 29.6 Å². The number of rotatable bonds is 6. The minimum absolute atomic E-state index is 0.0164. The summed E-state index contributed by atoms with van der Waals surface area (Å²) in [5.74, 6) is 0.116. The molecule has 0 aliphatic carbocycles. The Morgan fingerprint density at radius 2 is 1.95 bits per heavy atom. The summed E-state index contributed by atoms with van der Waals surface area (Å²) in [4.78, 5) is 58.6. The number of nitrogens with zero attached hydrogens (tertiary/aromatic N) is 5. The van der Waals surface area contributed by atoms with Crippen molar-refractivity contribution in [3.05, 3.63) is 65.5 Å². The summed E-state index contributed by atoms with van der Waals surface area (Å²) in [5.41, 5.74) is 7.30. The predicted octanol–water partition coefficient (Wildman–Crippen LogP) is 2.33. The minimum atomic E-state index is -0.663. The van der Waals surface area contributed by atoms with Crippen LogP contribution in [0.3, 0.4) is 0 Å². The van der Waals surface area contributed by atoms with Crippen molar-refractivity contribution in [2.75, 3.05) is 25.5 Å². The number of urea groups is 2. The van der Waals surface area contributed by atoms with Crippen LogP contribution >= 0.6 is 0 Å². The first-order valence-electron chi connectivity index (χ1n) is 11.9. The van der Waals surface area contributed by atoms with Crippen LogP contribution in [0.1, 0.15) is 40.6 Å². The van der Waals surface area contributed by atoms with E-state index >= 15 is 0 Å². The fourth-order valence-corrected chi connectivity index (χ4v) is 4.60. The molecule has 0 radical (unpaired) electrons. The highest BCUT2D eigenvalue weighted by atomic mass is 16.2. The molecule has 0 spiro atoms. The Balaban J connectivity index is 1.38. The van der Waals surface area contributed by atoms with Gasteiger partial charge in [0, 0.05) is 30.4 Å². The van der Waals surface area contributed by atoms with Gasteiger partial charge in [-0.3, -0.25) is 19.6 Å². The molecule has 12 heteroatoms. The number of nitrogens with two attached hydrogens (primary N) is 1. The predicted molar refractivity (Wildman–Crippen MR) is 133 cm³/mol. The molecule has 37 heavy (non-hydrogen) atoms. The summed E-state index contributed by atoms with van der Waals surface area (Å²) in [5, 5.41) is 10.1. The number of hydrogen-bond acceptors (Lipinski definition) is 6. The molecule has 3 aromatic rings. The summed E-state index contributed by atoms with van der Waals surface area (Å²) < 4.78 is 0. The number of carbonyl (C=O) groups excluding carboxylic acids is 4. The highest BCUT2D eigenvalue weighted by molar-refractivity contribution is 6.02. The number of anilines is 1. The average Bonchev–Trinajstić information content (AvgIpc) is 3.62. The third kappa shape index (κ3) is 4.73. The van der Waals surface area contributed by atoms with Crippen molar-refractivity contribution in [2.24, 2.45) is 5.73 Å². The second-order valence-electron chi connectivity index (χ2n) is 9.05. The Labute approximate surface area is 212 Å². The van der Waals surface area contributed by atoms with E-state index in [4.69, 9.17) is 5.73 Å². The Morgan fingerprint density at radius 1 is 1.16 bits per heavy atom. The Bertz CT molecular complexity index is 1370. The zero-order chi connectivity index (χ0) is 26.1. The maximum atomic E-state index is 13.4. The van der Waals surface area contributed by atoms with Gasteiger partial charge in [0.2, 0.25) is 5.91 Å². The SMILES string of the molecule is CN1CC(=O)N(Cc2ccc(C(N)=O)cc2NC(=O)N2CCCC2c2nc(-c3ccccc3)n[nH]2)C1=O. The Kier molecular flexibility index (Phi) is 6.30. The maximum Gasteiger partial charge on any atom is 0.327 e. The van der Waals surface area contributed by atoms with Crippen LogP contribution < -0.4 is 11.1 Å². The van der Waals surface area contributed by atoms with E-state index in [1.165, 1.54) is 17.0 Å². The van der Waals surface area contributed by atoms with E-state index < -0.39 is 18.0 Å². The monoisotopic (exact) mass is 502 g/mol. The van der Waals surface area contributed by atoms with E-state index in [2.05, 4.69) is 20.5 Å². The highest BCUT2D eigenvalue weighted by Crippen LogP contribution is 2.32. The van der Waals surface area contributed by atoms with Gasteiger partial charge in [-0.05, 0) is 30.5 Å². The molecular formula is C25H26N8O4. The lowest BCUT2D eigenvalue weighted by molar-refractivity contribution is -0.125. The van der Waals surface area contributed by atoms with Crippen LogP contribution in [0, 0.1) is 0 Å². The van der Waals surface area contributed by atoms with E-state index in [-0.39, 0.29) is 30.6 Å². The zero-order valence-electron chi connectivity index (χ0n) is 20.2. The molecule has 2 saturated heterocycles. The van der Waals surface area contributed by atoms with Crippen molar-refractivity contribution in [3.8, 4) is 11.4 Å². The topological polar surface area (TPSA) is 158 Å². The second kappa shape index (κ2) is 9.72. The van der Waals surface area contributed by atoms with Crippen LogP contribution in [0.4, 0.5) is 15.3 Å². The van der Waals surface area contributed by atoms with Crippen molar-refractivity contribution in [3.63, 3.8) is 0 Å². The molecule has 12 nitrogen and oxygen atoms in total. The summed E-state index contributed by atoms with van der Waals surface area (Å²) in [6.45, 7) is 0.427. The van der Waals surface area contributed by atoms with Gasteiger partial charge in [-0.25, -0.2) is 14.6 Å². The smallest absolute Gasteiger partial charge is 0.327 e. The molecule has 0 bridgehead atoms. The highest BCUT2D eigenvalue weighted by Gasteiger charge is 2.35. The summed E-state index contributed by atoms with van der Waals surface area (Å²) in [7, 11) is 1.54. The number of nitrogens with one attached hydrogen (secondary N) is 2. The van der Waals surface area contributed by atoms with Gasteiger partial charge >= 0.3 is 12.1 Å². The number of likely N-dealkylation sites (N-methyl/N-ethyl adjacent to an activating group) is 1. The van der Waals surface area contributed by atoms with E-state index in [0.29, 0.717) is 35.9 Å². The lowest BCUT2D eigenvalue weighted by atomic mass is 10.1. The molecule has 5 rings (SSSR count). The lowest BCUT2D eigenvalue weighted by Gasteiger charge is -2.24. The molecule has 0 saturated carbocycles. The average molecular weight is 503 g/mol. The van der Waals surface area contributed by atoms with Crippen LogP contribution in [0.5, 0.6) is 0 Å². The van der Waals surface area contributed by atoms with E-state index in [1.807, 2.05) is 30.3 Å². The van der Waals surface area contributed by atoms with Crippen LogP contribution in [0.2, 0.25) is 0 Å². The third-order valence-electron chi connectivity index (χ3n) is 6.56. The van der Waals surface area contributed by atoms with Gasteiger partial charge < -0.3 is 20.9 Å². The largest absolute Gasteiger partial charge is 0.366 e. The van der Waals surface area contributed by atoms with Gasteiger partial charge in [0.25, 0.3) is 5.91 Å². The first-order chi connectivity index (χ1) is 17.8. The molecule has 1 atom stereocenters. The molecular weight excluding hydrogens is 476 g/mol. The van der Waals surface area contributed by atoms with E-state index in [1.54, 1.807) is 18.0 Å². The number of H-pyrrole nitrogens is 1. The summed E-state index contributed by atoms with van der Waals surface area (Å²) >= 11 is 0. The lowest BCUT2D eigenvalue weighted by Crippen LogP contribution is -2.36. The summed E-state index contributed by atoms with van der Waals surface area (Å²) in [6, 6.07) is 12.9. The molecule has 3 heterocycles. The molecule has 4 N–H and O–H groups in total. The molecule has 6 amide bonds. The normalized spacial score (nSPS) is 17.5. The number of imide groups is 1. The number of benzene rings is 2. The fraction of sp³-hybridized carbons (Fsp3) is 0.280. The minimum Gasteiger partial charge on any atom is -0.366 e. The molecule has 1 unspecified atom stereocenters. The van der Waals surface area contributed by atoms with Gasteiger partial charge in [0.15, 0.2) is 5.82 Å². The number of carbonyl (C=O) groups is 4. The van der Waals surface area contributed by atoms with Gasteiger partial charge in [-0.2, -0.15) is 5.10 Å². The first kappa shape index (κ1) is 24.0.